The summed E-state index contributed by atoms with van der Waals surface area (Å²) < 4.78 is 0. The van der Waals surface area contributed by atoms with Gasteiger partial charge in [0.1, 0.15) is 5.82 Å². The van der Waals surface area contributed by atoms with E-state index < -0.39 is 5.60 Å². The second-order valence-corrected chi connectivity index (χ2v) is 4.74. The zero-order valence-corrected chi connectivity index (χ0v) is 9.66. The maximum atomic E-state index is 10.2. The second kappa shape index (κ2) is 4.29. The minimum atomic E-state index is -0.570. The maximum Gasteiger partial charge on any atom is 0.149 e. The predicted octanol–water partition coefficient (Wildman–Crippen LogP) is 1.69. The fourth-order valence-corrected chi connectivity index (χ4v) is 2.20. The van der Waals surface area contributed by atoms with Gasteiger partial charge < -0.3 is 16.2 Å². The molecule has 0 unspecified atom stereocenters. The van der Waals surface area contributed by atoms with Crippen molar-refractivity contribution in [2.45, 2.75) is 38.2 Å². The van der Waals surface area contributed by atoms with Gasteiger partial charge in [-0.15, -0.1) is 0 Å². The first kappa shape index (κ1) is 11.2. The van der Waals surface area contributed by atoms with Crippen LogP contribution < -0.4 is 11.1 Å². The number of nitrogens with two attached hydrogens (primary N) is 1. The van der Waals surface area contributed by atoms with E-state index in [-0.39, 0.29) is 0 Å². The van der Waals surface area contributed by atoms with Gasteiger partial charge in [-0.2, -0.15) is 0 Å². The molecule has 0 spiro atoms. The summed E-state index contributed by atoms with van der Waals surface area (Å²) in [6, 6.07) is 1.88. The Balaban J connectivity index is 1.99. The minimum absolute atomic E-state index is 0.535. The molecule has 0 radical (unpaired) electrons. The number of aryl methyl sites for hydroxylation is 1. The summed E-state index contributed by atoms with van der Waals surface area (Å²) in [7, 11) is 0. The Labute approximate surface area is 95.9 Å². The lowest BCUT2D eigenvalue weighted by molar-refractivity contribution is 0.0614. The first-order chi connectivity index (χ1) is 7.59. The van der Waals surface area contributed by atoms with Crippen LogP contribution >= 0.6 is 0 Å². The van der Waals surface area contributed by atoms with E-state index in [0.29, 0.717) is 18.1 Å². The van der Waals surface area contributed by atoms with Crippen molar-refractivity contribution in [1.82, 2.24) is 4.98 Å². The molecule has 16 heavy (non-hydrogen) atoms. The summed E-state index contributed by atoms with van der Waals surface area (Å²) in [5, 5.41) is 13.3. The maximum absolute atomic E-state index is 10.2. The van der Waals surface area contributed by atoms with Crippen LogP contribution in [0.15, 0.2) is 12.3 Å². The number of nitrogens with zero attached hydrogens (tertiary/aromatic N) is 1. The zero-order valence-electron chi connectivity index (χ0n) is 9.66. The van der Waals surface area contributed by atoms with Crippen molar-refractivity contribution in [2.24, 2.45) is 0 Å². The van der Waals surface area contributed by atoms with E-state index >= 15 is 0 Å². The van der Waals surface area contributed by atoms with Crippen molar-refractivity contribution in [3.8, 4) is 0 Å². The number of anilines is 2. The van der Waals surface area contributed by atoms with Crippen molar-refractivity contribution in [3.05, 3.63) is 17.8 Å². The van der Waals surface area contributed by atoms with Crippen molar-refractivity contribution >= 4 is 11.5 Å². The van der Waals surface area contributed by atoms with E-state index in [2.05, 4.69) is 10.3 Å². The number of hydrogen-bond acceptors (Lipinski definition) is 4. The largest absolute Gasteiger partial charge is 0.396 e. The van der Waals surface area contributed by atoms with Crippen LogP contribution in [0.5, 0.6) is 0 Å². The van der Waals surface area contributed by atoms with E-state index in [1.54, 1.807) is 6.20 Å². The summed E-state index contributed by atoms with van der Waals surface area (Å²) in [6.07, 6.45) is 5.72. The summed E-state index contributed by atoms with van der Waals surface area (Å²) in [4.78, 5) is 4.22. The molecule has 1 aliphatic rings. The van der Waals surface area contributed by atoms with Gasteiger partial charge in [0, 0.05) is 12.7 Å². The SMILES string of the molecule is Cc1cnc(NCC2(O)CCCC2)c(N)c1. The average molecular weight is 221 g/mol. The average Bonchev–Trinajstić information content (AvgIpc) is 2.64. The Morgan fingerprint density at radius 3 is 2.81 bits per heavy atom. The van der Waals surface area contributed by atoms with Gasteiger partial charge in [0.15, 0.2) is 0 Å². The monoisotopic (exact) mass is 221 g/mol. The molecule has 1 saturated carbocycles. The lowest BCUT2D eigenvalue weighted by Crippen LogP contribution is -2.33. The third-order valence-electron chi connectivity index (χ3n) is 3.17. The Hall–Kier alpha value is -1.29. The summed E-state index contributed by atoms with van der Waals surface area (Å²) >= 11 is 0. The molecule has 1 aliphatic carbocycles. The van der Waals surface area contributed by atoms with Crippen LogP contribution in [0.25, 0.3) is 0 Å². The number of hydrogen-bond donors (Lipinski definition) is 3. The van der Waals surface area contributed by atoms with Crippen LogP contribution in [0.1, 0.15) is 31.2 Å². The highest BCUT2D eigenvalue weighted by molar-refractivity contribution is 5.61. The van der Waals surface area contributed by atoms with Gasteiger partial charge in [0.25, 0.3) is 0 Å². The Morgan fingerprint density at radius 1 is 1.50 bits per heavy atom. The number of aromatic nitrogens is 1. The van der Waals surface area contributed by atoms with Crippen LogP contribution in [0.2, 0.25) is 0 Å². The van der Waals surface area contributed by atoms with Gasteiger partial charge in [0.05, 0.1) is 11.3 Å². The van der Waals surface area contributed by atoms with Gasteiger partial charge in [-0.3, -0.25) is 0 Å². The van der Waals surface area contributed by atoms with Crippen LogP contribution in [0.3, 0.4) is 0 Å². The number of rotatable bonds is 3. The van der Waals surface area contributed by atoms with Crippen molar-refractivity contribution in [3.63, 3.8) is 0 Å². The van der Waals surface area contributed by atoms with Gasteiger partial charge >= 0.3 is 0 Å². The molecular weight excluding hydrogens is 202 g/mol. The molecule has 88 valence electrons. The normalized spacial score (nSPS) is 18.6. The van der Waals surface area contributed by atoms with E-state index in [1.165, 1.54) is 0 Å². The van der Waals surface area contributed by atoms with Gasteiger partial charge in [-0.05, 0) is 31.4 Å². The highest BCUT2D eigenvalue weighted by atomic mass is 16.3. The van der Waals surface area contributed by atoms with Crippen LogP contribution in [0, 0.1) is 6.92 Å². The molecule has 0 aliphatic heterocycles. The fraction of sp³-hybridized carbons (Fsp3) is 0.583. The van der Waals surface area contributed by atoms with Crippen molar-refractivity contribution in [2.75, 3.05) is 17.6 Å². The molecule has 1 heterocycles. The first-order valence-corrected chi connectivity index (χ1v) is 5.77. The summed E-state index contributed by atoms with van der Waals surface area (Å²) in [5.41, 5.74) is 6.96. The third kappa shape index (κ3) is 2.44. The molecule has 4 N–H and O–H groups in total. The molecule has 1 aromatic heterocycles. The van der Waals surface area contributed by atoms with Crippen LogP contribution in [-0.4, -0.2) is 22.2 Å². The zero-order chi connectivity index (χ0) is 11.6. The first-order valence-electron chi connectivity index (χ1n) is 5.77. The van der Waals surface area contributed by atoms with Crippen molar-refractivity contribution in [1.29, 1.82) is 0 Å². The Morgan fingerprint density at radius 2 is 2.19 bits per heavy atom. The molecule has 0 aromatic carbocycles. The van der Waals surface area contributed by atoms with E-state index in [4.69, 9.17) is 5.73 Å². The predicted molar refractivity (Wildman–Crippen MR) is 65.3 cm³/mol. The van der Waals surface area contributed by atoms with Crippen LogP contribution in [0.4, 0.5) is 11.5 Å². The Kier molecular flexibility index (Phi) is 3.01. The standard InChI is InChI=1S/C12H19N3O/c1-9-6-10(13)11(14-7-9)15-8-12(16)4-2-3-5-12/h6-7,16H,2-5,8,13H2,1H3,(H,14,15). The third-order valence-corrected chi connectivity index (χ3v) is 3.17. The van der Waals surface area contributed by atoms with E-state index in [1.807, 2.05) is 13.0 Å². The highest BCUT2D eigenvalue weighted by Gasteiger charge is 2.30. The molecule has 1 aromatic rings. The summed E-state index contributed by atoms with van der Waals surface area (Å²) in [5.74, 6) is 0.672. The number of nitrogens with one attached hydrogen (secondary N) is 1. The molecular formula is C12H19N3O. The molecule has 0 amide bonds. The molecule has 0 atom stereocenters. The van der Waals surface area contributed by atoms with E-state index in [0.717, 1.165) is 31.2 Å². The lowest BCUT2D eigenvalue weighted by Gasteiger charge is -2.23. The summed E-state index contributed by atoms with van der Waals surface area (Å²) in [6.45, 7) is 2.49. The number of nitrogen functional groups attached to an aromatic ring is 1. The number of aliphatic hydroxyl groups is 1. The smallest absolute Gasteiger partial charge is 0.149 e. The lowest BCUT2D eigenvalue weighted by atomic mass is 10.0. The van der Waals surface area contributed by atoms with Gasteiger partial charge in [0.2, 0.25) is 0 Å². The molecule has 0 saturated heterocycles. The van der Waals surface area contributed by atoms with E-state index in [9.17, 15) is 5.11 Å². The van der Waals surface area contributed by atoms with Crippen LogP contribution in [-0.2, 0) is 0 Å². The van der Waals surface area contributed by atoms with Gasteiger partial charge in [-0.1, -0.05) is 12.8 Å². The molecule has 4 heteroatoms. The highest BCUT2D eigenvalue weighted by Crippen LogP contribution is 2.30. The number of pyridine rings is 1. The molecule has 0 bridgehead atoms. The fourth-order valence-electron chi connectivity index (χ4n) is 2.20. The topological polar surface area (TPSA) is 71.2 Å². The molecule has 2 rings (SSSR count). The Bertz CT molecular complexity index is 373. The molecule has 4 nitrogen and oxygen atoms in total. The quantitative estimate of drug-likeness (QED) is 0.726. The second-order valence-electron chi connectivity index (χ2n) is 4.74. The van der Waals surface area contributed by atoms with Crippen molar-refractivity contribution < 1.29 is 5.11 Å². The van der Waals surface area contributed by atoms with Gasteiger partial charge in [-0.25, -0.2) is 4.98 Å². The minimum Gasteiger partial charge on any atom is -0.396 e. The molecule has 1 fully saturated rings.